The first-order chi connectivity index (χ1) is 9.47. The molecule has 0 heterocycles. The molecule has 2 unspecified atom stereocenters. The molecular formula is C15H23N3O2. The van der Waals surface area contributed by atoms with Crippen molar-refractivity contribution in [2.45, 2.75) is 39.7 Å². The summed E-state index contributed by atoms with van der Waals surface area (Å²) in [5, 5.41) is 5.30. The highest BCUT2D eigenvalue weighted by atomic mass is 16.2. The van der Waals surface area contributed by atoms with Crippen molar-refractivity contribution in [2.24, 2.45) is 11.7 Å². The van der Waals surface area contributed by atoms with Crippen LogP contribution in [0.25, 0.3) is 0 Å². The van der Waals surface area contributed by atoms with Gasteiger partial charge >= 0.3 is 6.03 Å². The minimum Gasteiger partial charge on any atom is -0.352 e. The highest BCUT2D eigenvalue weighted by molar-refractivity contribution is 5.97. The van der Waals surface area contributed by atoms with Crippen LogP contribution in [0.1, 0.15) is 32.8 Å². The van der Waals surface area contributed by atoms with E-state index in [-0.39, 0.29) is 11.8 Å². The van der Waals surface area contributed by atoms with E-state index in [1.165, 1.54) is 5.56 Å². The monoisotopic (exact) mass is 277 g/mol. The summed E-state index contributed by atoms with van der Waals surface area (Å²) in [7, 11) is 0. The third-order valence-corrected chi connectivity index (χ3v) is 3.42. The average molecular weight is 277 g/mol. The van der Waals surface area contributed by atoms with Crippen molar-refractivity contribution in [1.82, 2.24) is 5.32 Å². The van der Waals surface area contributed by atoms with E-state index in [0.717, 1.165) is 12.8 Å². The molecule has 5 nitrogen and oxygen atoms in total. The molecular weight excluding hydrogens is 254 g/mol. The maximum atomic E-state index is 12.2. The fourth-order valence-electron chi connectivity index (χ4n) is 1.90. The van der Waals surface area contributed by atoms with Crippen LogP contribution in [0.5, 0.6) is 0 Å². The van der Waals surface area contributed by atoms with Crippen molar-refractivity contribution in [2.75, 3.05) is 5.32 Å². The number of carbonyl (C=O) groups excluding carboxylic acids is 2. The van der Waals surface area contributed by atoms with E-state index in [9.17, 15) is 9.59 Å². The number of hydrogen-bond acceptors (Lipinski definition) is 2. The lowest BCUT2D eigenvalue weighted by atomic mass is 9.98. The van der Waals surface area contributed by atoms with Gasteiger partial charge in [-0.3, -0.25) is 4.79 Å². The third-order valence-electron chi connectivity index (χ3n) is 3.42. The molecule has 0 aliphatic rings. The van der Waals surface area contributed by atoms with Gasteiger partial charge in [0, 0.05) is 5.69 Å². The van der Waals surface area contributed by atoms with Gasteiger partial charge in [-0.1, -0.05) is 39.3 Å². The summed E-state index contributed by atoms with van der Waals surface area (Å²) >= 11 is 0. The zero-order valence-corrected chi connectivity index (χ0v) is 12.3. The first-order valence-corrected chi connectivity index (χ1v) is 6.93. The van der Waals surface area contributed by atoms with Crippen LogP contribution in [-0.4, -0.2) is 18.0 Å². The van der Waals surface area contributed by atoms with Crippen LogP contribution in [0.2, 0.25) is 0 Å². The quantitative estimate of drug-likeness (QED) is 0.745. The summed E-state index contributed by atoms with van der Waals surface area (Å²) < 4.78 is 0. The number of carbonyl (C=O) groups is 2. The molecule has 0 aliphatic carbocycles. The minimum atomic E-state index is -0.688. The highest BCUT2D eigenvalue weighted by Gasteiger charge is 2.25. The minimum absolute atomic E-state index is 0.0115. The van der Waals surface area contributed by atoms with Gasteiger partial charge in [0.05, 0.1) is 0 Å². The predicted octanol–water partition coefficient (Wildman–Crippen LogP) is 2.27. The first kappa shape index (κ1) is 16.0. The summed E-state index contributed by atoms with van der Waals surface area (Å²) in [6, 6.07) is 6.34. The Hall–Kier alpha value is -2.04. The number of urea groups is 1. The van der Waals surface area contributed by atoms with Gasteiger partial charge in [-0.15, -0.1) is 0 Å². The molecule has 4 N–H and O–H groups in total. The van der Waals surface area contributed by atoms with E-state index in [1.807, 2.05) is 38.1 Å². The maximum absolute atomic E-state index is 12.2. The summed E-state index contributed by atoms with van der Waals surface area (Å²) in [5.74, 6) is -0.236. The van der Waals surface area contributed by atoms with Crippen molar-refractivity contribution >= 4 is 17.6 Å². The van der Waals surface area contributed by atoms with E-state index in [0.29, 0.717) is 5.69 Å². The lowest BCUT2D eigenvalue weighted by molar-refractivity contribution is -0.119. The topological polar surface area (TPSA) is 84.2 Å². The number of rotatable bonds is 6. The molecule has 0 spiro atoms. The van der Waals surface area contributed by atoms with Crippen LogP contribution in [-0.2, 0) is 11.2 Å². The van der Waals surface area contributed by atoms with Gasteiger partial charge in [0.2, 0.25) is 5.91 Å². The fourth-order valence-corrected chi connectivity index (χ4v) is 1.90. The van der Waals surface area contributed by atoms with E-state index in [4.69, 9.17) is 5.73 Å². The summed E-state index contributed by atoms with van der Waals surface area (Å²) in [6.45, 7) is 5.94. The lowest BCUT2D eigenvalue weighted by Crippen LogP contribution is -2.49. The van der Waals surface area contributed by atoms with Gasteiger partial charge in [0.25, 0.3) is 0 Å². The summed E-state index contributed by atoms with van der Waals surface area (Å²) in [5.41, 5.74) is 7.04. The molecule has 0 radical (unpaired) electrons. The molecule has 3 amide bonds. The number of primary amides is 1. The van der Waals surface area contributed by atoms with E-state index < -0.39 is 12.1 Å². The van der Waals surface area contributed by atoms with Crippen molar-refractivity contribution in [1.29, 1.82) is 0 Å². The Morgan fingerprint density at radius 1 is 1.20 bits per heavy atom. The SMILES string of the molecule is CCc1ccc(NC(=O)C(NC(N)=O)C(C)CC)cc1. The van der Waals surface area contributed by atoms with Crippen LogP contribution in [0, 0.1) is 5.92 Å². The van der Waals surface area contributed by atoms with Crippen molar-refractivity contribution in [3.63, 3.8) is 0 Å². The number of benzene rings is 1. The van der Waals surface area contributed by atoms with Gasteiger partial charge in [-0.2, -0.15) is 0 Å². The second-order valence-corrected chi connectivity index (χ2v) is 4.91. The molecule has 1 rings (SSSR count). The second kappa shape index (κ2) is 7.53. The number of aryl methyl sites for hydroxylation is 1. The number of nitrogens with two attached hydrogens (primary N) is 1. The van der Waals surface area contributed by atoms with Crippen LogP contribution in [0.4, 0.5) is 10.5 Å². The molecule has 110 valence electrons. The molecule has 2 atom stereocenters. The van der Waals surface area contributed by atoms with Gasteiger partial charge in [-0.05, 0) is 30.0 Å². The Labute approximate surface area is 119 Å². The van der Waals surface area contributed by atoms with Crippen molar-refractivity contribution < 1.29 is 9.59 Å². The Kier molecular flexibility index (Phi) is 6.03. The van der Waals surface area contributed by atoms with E-state index >= 15 is 0 Å². The normalized spacial score (nSPS) is 13.3. The standard InChI is InChI=1S/C15H23N3O2/c1-4-10(3)13(18-15(16)20)14(19)17-12-8-6-11(5-2)7-9-12/h6-10,13H,4-5H2,1-3H3,(H,17,19)(H3,16,18,20). The number of hydrogen-bond donors (Lipinski definition) is 3. The zero-order chi connectivity index (χ0) is 15.1. The molecule has 0 saturated carbocycles. The molecule has 5 heteroatoms. The molecule has 20 heavy (non-hydrogen) atoms. The predicted molar refractivity (Wildman–Crippen MR) is 80.4 cm³/mol. The largest absolute Gasteiger partial charge is 0.352 e. The smallest absolute Gasteiger partial charge is 0.312 e. The average Bonchev–Trinajstić information content (AvgIpc) is 2.44. The number of anilines is 1. The number of amides is 3. The third kappa shape index (κ3) is 4.57. The maximum Gasteiger partial charge on any atom is 0.312 e. The highest BCUT2D eigenvalue weighted by Crippen LogP contribution is 2.13. The zero-order valence-electron chi connectivity index (χ0n) is 12.3. The fraction of sp³-hybridized carbons (Fsp3) is 0.467. The van der Waals surface area contributed by atoms with Crippen LogP contribution in [0.15, 0.2) is 24.3 Å². The molecule has 0 aromatic heterocycles. The summed E-state index contributed by atoms with van der Waals surface area (Å²) in [6.07, 6.45) is 1.72. The second-order valence-electron chi connectivity index (χ2n) is 4.91. The van der Waals surface area contributed by atoms with Gasteiger partial charge in [-0.25, -0.2) is 4.79 Å². The van der Waals surface area contributed by atoms with Crippen molar-refractivity contribution in [3.05, 3.63) is 29.8 Å². The van der Waals surface area contributed by atoms with Crippen LogP contribution >= 0.6 is 0 Å². The van der Waals surface area contributed by atoms with E-state index in [2.05, 4.69) is 17.6 Å². The molecule has 0 bridgehead atoms. The molecule has 0 aliphatic heterocycles. The van der Waals surface area contributed by atoms with Crippen LogP contribution in [0.3, 0.4) is 0 Å². The van der Waals surface area contributed by atoms with Gasteiger partial charge < -0.3 is 16.4 Å². The first-order valence-electron chi connectivity index (χ1n) is 6.93. The van der Waals surface area contributed by atoms with Gasteiger partial charge in [0.1, 0.15) is 6.04 Å². The Balaban J connectivity index is 2.76. The van der Waals surface area contributed by atoms with E-state index in [1.54, 1.807) is 0 Å². The Bertz CT molecular complexity index is 457. The lowest BCUT2D eigenvalue weighted by Gasteiger charge is -2.22. The molecule has 0 fully saturated rings. The molecule has 1 aromatic carbocycles. The Morgan fingerprint density at radius 3 is 2.25 bits per heavy atom. The van der Waals surface area contributed by atoms with Crippen molar-refractivity contribution in [3.8, 4) is 0 Å². The number of nitrogens with one attached hydrogen (secondary N) is 2. The molecule has 0 saturated heterocycles. The summed E-state index contributed by atoms with van der Waals surface area (Å²) in [4.78, 5) is 23.2. The Morgan fingerprint density at radius 2 is 1.80 bits per heavy atom. The van der Waals surface area contributed by atoms with Gasteiger partial charge in [0.15, 0.2) is 0 Å². The van der Waals surface area contributed by atoms with Crippen LogP contribution < -0.4 is 16.4 Å². The molecule has 1 aromatic rings.